The highest BCUT2D eigenvalue weighted by molar-refractivity contribution is 6.30. The van der Waals surface area contributed by atoms with E-state index in [-0.39, 0.29) is 6.10 Å². The number of methoxy groups -OCH3 is 1. The predicted octanol–water partition coefficient (Wildman–Crippen LogP) is 4.21. The second kappa shape index (κ2) is 7.11. The van der Waals surface area contributed by atoms with Crippen molar-refractivity contribution in [2.24, 2.45) is 0 Å². The average molecular weight is 346 g/mol. The molecule has 1 atom stereocenters. The first-order valence-electron chi connectivity index (χ1n) is 7.82. The Hall–Kier alpha value is -2.24. The number of benzene rings is 2. The van der Waals surface area contributed by atoms with Crippen LogP contribution in [0.4, 0.5) is 11.5 Å². The number of aromatic nitrogens is 2. The zero-order chi connectivity index (χ0) is 17.1. The molecular formula is C18H20ClN3O2. The van der Waals surface area contributed by atoms with Crippen LogP contribution in [0.3, 0.4) is 0 Å². The lowest BCUT2D eigenvalue weighted by Gasteiger charge is -2.05. The predicted molar refractivity (Wildman–Crippen MR) is 97.3 cm³/mol. The van der Waals surface area contributed by atoms with Crippen LogP contribution in [-0.4, -0.2) is 28.1 Å². The summed E-state index contributed by atoms with van der Waals surface area (Å²) in [7, 11) is 1.64. The van der Waals surface area contributed by atoms with Gasteiger partial charge in [0, 0.05) is 22.6 Å². The lowest BCUT2D eigenvalue weighted by Crippen LogP contribution is -2.08. The number of fused-ring (bicyclic) bond motifs is 1. The van der Waals surface area contributed by atoms with Crippen LogP contribution in [0, 0.1) is 0 Å². The average Bonchev–Trinajstić information content (AvgIpc) is 2.90. The summed E-state index contributed by atoms with van der Waals surface area (Å²) < 4.78 is 7.23. The largest absolute Gasteiger partial charge is 0.497 e. The monoisotopic (exact) mass is 345 g/mol. The molecule has 3 aromatic rings. The summed E-state index contributed by atoms with van der Waals surface area (Å²) in [5.74, 6) is 1.50. The highest BCUT2D eigenvalue weighted by atomic mass is 35.5. The third kappa shape index (κ3) is 3.63. The first kappa shape index (κ1) is 16.6. The molecule has 0 saturated carbocycles. The van der Waals surface area contributed by atoms with E-state index in [0.29, 0.717) is 18.0 Å². The van der Waals surface area contributed by atoms with Gasteiger partial charge < -0.3 is 15.2 Å². The van der Waals surface area contributed by atoms with Crippen molar-refractivity contribution in [2.45, 2.75) is 26.0 Å². The number of rotatable bonds is 6. The summed E-state index contributed by atoms with van der Waals surface area (Å²) >= 11 is 6.05. The summed E-state index contributed by atoms with van der Waals surface area (Å²) in [6.07, 6.45) is 0.270. The van der Waals surface area contributed by atoms with Crippen LogP contribution >= 0.6 is 11.6 Å². The Kier molecular flexibility index (Phi) is 4.92. The lowest BCUT2D eigenvalue weighted by atomic mass is 10.2. The molecule has 0 spiro atoms. The molecule has 0 radical (unpaired) electrons. The van der Waals surface area contributed by atoms with Gasteiger partial charge in [0.2, 0.25) is 0 Å². The Morgan fingerprint density at radius 2 is 2.12 bits per heavy atom. The summed E-state index contributed by atoms with van der Waals surface area (Å²) in [4.78, 5) is 0. The number of halogens is 1. The number of anilines is 2. The smallest absolute Gasteiger partial charge is 0.160 e. The Bertz CT molecular complexity index is 845. The molecule has 1 aromatic heterocycles. The van der Waals surface area contributed by atoms with E-state index in [1.165, 1.54) is 0 Å². The maximum absolute atomic E-state index is 9.55. The van der Waals surface area contributed by atoms with Crippen molar-refractivity contribution in [1.29, 1.82) is 0 Å². The quantitative estimate of drug-likeness (QED) is 0.702. The molecular weight excluding hydrogens is 326 g/mol. The van der Waals surface area contributed by atoms with E-state index in [9.17, 15) is 5.11 Å². The molecule has 0 aliphatic carbocycles. The van der Waals surface area contributed by atoms with Gasteiger partial charge in [-0.25, -0.2) is 0 Å². The van der Waals surface area contributed by atoms with E-state index in [2.05, 4.69) is 10.4 Å². The molecule has 24 heavy (non-hydrogen) atoms. The molecule has 6 heteroatoms. The summed E-state index contributed by atoms with van der Waals surface area (Å²) in [6, 6.07) is 13.3. The zero-order valence-corrected chi connectivity index (χ0v) is 14.4. The Morgan fingerprint density at radius 3 is 2.83 bits per heavy atom. The van der Waals surface area contributed by atoms with Crippen LogP contribution in [0.25, 0.3) is 10.9 Å². The van der Waals surface area contributed by atoms with Gasteiger partial charge in [-0.05, 0) is 49.7 Å². The fraction of sp³-hybridized carbons (Fsp3) is 0.278. The standard InChI is InChI=1S/C18H20ClN3O2/c1-12(23)8-9-22-17-7-6-15(24-2)11-16(17)18(21-22)20-14-5-3-4-13(19)10-14/h3-7,10-12,23H,8-9H2,1-2H3,(H,20,21). The van der Waals surface area contributed by atoms with Gasteiger partial charge in [-0.2, -0.15) is 5.10 Å². The molecule has 0 bridgehead atoms. The molecule has 126 valence electrons. The third-order valence-corrected chi connectivity index (χ3v) is 4.04. The maximum Gasteiger partial charge on any atom is 0.160 e. The number of ether oxygens (including phenoxy) is 1. The normalized spacial score (nSPS) is 12.3. The lowest BCUT2D eigenvalue weighted by molar-refractivity contribution is 0.177. The number of hydrogen-bond donors (Lipinski definition) is 2. The Balaban J connectivity index is 2.01. The molecule has 0 aliphatic heterocycles. The fourth-order valence-electron chi connectivity index (χ4n) is 2.56. The minimum Gasteiger partial charge on any atom is -0.497 e. The number of nitrogens with one attached hydrogen (secondary N) is 1. The van der Waals surface area contributed by atoms with Gasteiger partial charge >= 0.3 is 0 Å². The van der Waals surface area contributed by atoms with Gasteiger partial charge in [-0.15, -0.1) is 0 Å². The van der Waals surface area contributed by atoms with Crippen LogP contribution < -0.4 is 10.1 Å². The molecule has 2 N–H and O–H groups in total. The molecule has 1 unspecified atom stereocenters. The van der Waals surface area contributed by atoms with Crippen LogP contribution in [-0.2, 0) is 6.54 Å². The van der Waals surface area contributed by atoms with Crippen LogP contribution in [0.1, 0.15) is 13.3 Å². The number of hydrogen-bond acceptors (Lipinski definition) is 4. The van der Waals surface area contributed by atoms with E-state index in [1.807, 2.05) is 47.1 Å². The van der Waals surface area contributed by atoms with E-state index < -0.39 is 0 Å². The Labute approximate surface area is 145 Å². The zero-order valence-electron chi connectivity index (χ0n) is 13.7. The minimum atomic E-state index is -0.369. The van der Waals surface area contributed by atoms with Crippen molar-refractivity contribution in [3.63, 3.8) is 0 Å². The molecule has 5 nitrogen and oxygen atoms in total. The van der Waals surface area contributed by atoms with E-state index in [0.717, 1.165) is 28.2 Å². The second-order valence-electron chi connectivity index (χ2n) is 5.73. The molecule has 2 aromatic carbocycles. The van der Waals surface area contributed by atoms with Crippen molar-refractivity contribution >= 4 is 34.0 Å². The number of aryl methyl sites for hydroxylation is 1. The van der Waals surface area contributed by atoms with Gasteiger partial charge in [-0.1, -0.05) is 17.7 Å². The topological polar surface area (TPSA) is 59.3 Å². The minimum absolute atomic E-state index is 0.369. The molecule has 0 amide bonds. The van der Waals surface area contributed by atoms with E-state index in [4.69, 9.17) is 16.3 Å². The highest BCUT2D eigenvalue weighted by Gasteiger charge is 2.12. The van der Waals surface area contributed by atoms with Crippen molar-refractivity contribution < 1.29 is 9.84 Å². The summed E-state index contributed by atoms with van der Waals surface area (Å²) in [6.45, 7) is 2.41. The van der Waals surface area contributed by atoms with Crippen molar-refractivity contribution in [3.05, 3.63) is 47.5 Å². The van der Waals surface area contributed by atoms with Gasteiger partial charge in [0.05, 0.1) is 18.7 Å². The highest BCUT2D eigenvalue weighted by Crippen LogP contribution is 2.30. The van der Waals surface area contributed by atoms with Gasteiger partial charge in [0.1, 0.15) is 5.75 Å². The van der Waals surface area contributed by atoms with Gasteiger partial charge in [0.25, 0.3) is 0 Å². The van der Waals surface area contributed by atoms with E-state index >= 15 is 0 Å². The Morgan fingerprint density at radius 1 is 1.29 bits per heavy atom. The van der Waals surface area contributed by atoms with Crippen LogP contribution in [0.15, 0.2) is 42.5 Å². The first-order chi connectivity index (χ1) is 11.6. The number of nitrogens with zero attached hydrogens (tertiary/aromatic N) is 2. The van der Waals surface area contributed by atoms with Gasteiger partial charge in [-0.3, -0.25) is 4.68 Å². The maximum atomic E-state index is 9.55. The summed E-state index contributed by atoms with van der Waals surface area (Å²) in [5, 5.41) is 19.1. The van der Waals surface area contributed by atoms with Crippen LogP contribution in [0.2, 0.25) is 5.02 Å². The fourth-order valence-corrected chi connectivity index (χ4v) is 2.75. The SMILES string of the molecule is COc1ccc2c(c1)c(Nc1cccc(Cl)c1)nn2CCC(C)O. The number of aliphatic hydroxyl groups excluding tert-OH is 1. The van der Waals surface area contributed by atoms with Crippen molar-refractivity contribution in [3.8, 4) is 5.75 Å². The number of aliphatic hydroxyl groups is 1. The first-order valence-corrected chi connectivity index (χ1v) is 8.20. The molecule has 1 heterocycles. The molecule has 3 rings (SSSR count). The van der Waals surface area contributed by atoms with Gasteiger partial charge in [0.15, 0.2) is 5.82 Å². The molecule has 0 aliphatic rings. The van der Waals surface area contributed by atoms with Crippen molar-refractivity contribution in [1.82, 2.24) is 9.78 Å². The van der Waals surface area contributed by atoms with Crippen molar-refractivity contribution in [2.75, 3.05) is 12.4 Å². The molecule has 0 saturated heterocycles. The van der Waals surface area contributed by atoms with Crippen LogP contribution in [0.5, 0.6) is 5.75 Å². The molecule has 0 fully saturated rings. The second-order valence-corrected chi connectivity index (χ2v) is 6.16. The van der Waals surface area contributed by atoms with E-state index in [1.54, 1.807) is 14.0 Å². The third-order valence-electron chi connectivity index (χ3n) is 3.80. The summed E-state index contributed by atoms with van der Waals surface area (Å²) in [5.41, 5.74) is 1.85.